The van der Waals surface area contributed by atoms with Crippen molar-refractivity contribution in [2.24, 2.45) is 0 Å². The number of aliphatic hydroxyl groups excluding tert-OH is 1. The van der Waals surface area contributed by atoms with Crippen molar-refractivity contribution in [1.29, 1.82) is 0 Å². The highest BCUT2D eigenvalue weighted by Crippen LogP contribution is 2.45. The van der Waals surface area contributed by atoms with Crippen LogP contribution in [0.5, 0.6) is 0 Å². The number of phosphoric ester groups is 2. The van der Waals surface area contributed by atoms with Gasteiger partial charge in [0.2, 0.25) is 0 Å². The largest absolute Gasteiger partial charge is 0.472 e. The van der Waals surface area contributed by atoms with Crippen LogP contribution < -0.4 is 0 Å². The Balaban J connectivity index is 5.49. The Kier molecular flexibility index (Phi) is 73.1. The van der Waals surface area contributed by atoms with E-state index in [1.54, 1.807) is 0 Å². The van der Waals surface area contributed by atoms with Gasteiger partial charge in [0.05, 0.1) is 26.4 Å². The SMILES string of the molecule is CC/C=C\C/C=C\C/C=C\C/C=C\C/C=C\CCCCCC(=O)OCC(COP(=O)(O)OCC(O)COP(=O)(O)OCC(COC(=O)CCC/C=C\C/C=C\C/C=C\C/C=C\C/C=C\CC)OC(=O)CCCCCCC/C=C\C/C=C\C/C=C\CC)OC(=O)CCCCCCC/C=C\C/C=C\CCCCC. The standard InChI is InChI=1S/C87H140O17P2/c1-5-9-13-17-21-25-29-33-37-39-40-42-46-48-52-56-60-64-68-72-85(90)98-78-83(104-87(92)74-70-66-62-58-54-50-44-36-32-28-24-20-16-12-8-4)80-102-106(95,96)100-76-81(88)75-99-105(93,94)101-79-82(103-86(91)73-69-65-61-57-53-49-43-35-31-27-23-19-15-11-7-3)77-97-84(89)71-67-63-59-55-51-47-45-41-38-34-30-26-22-18-14-10-6-2/h9-11,13-15,21-28,33-38,40,42-45,47-48,52,55,59,81-83,88H,5-8,12,16-20,29-32,39,41,46,49-51,53-54,56-58,60-80H2,1-4H3,(H,93,94)(H,95,96)/b13-9-,14-10-,15-11-,25-21-,26-22-,27-23-,28-24-,37-33-,38-34-,42-40-,43-35-,44-36-,47-45-,52-48-,59-55-. The van der Waals surface area contributed by atoms with Gasteiger partial charge in [-0.05, 0) is 173 Å². The first kappa shape index (κ1) is 100. The van der Waals surface area contributed by atoms with E-state index in [2.05, 4.69) is 198 Å². The van der Waals surface area contributed by atoms with Gasteiger partial charge < -0.3 is 33.8 Å². The molecule has 0 bridgehead atoms. The van der Waals surface area contributed by atoms with Crippen LogP contribution in [0.4, 0.5) is 0 Å². The van der Waals surface area contributed by atoms with Crippen molar-refractivity contribution in [3.63, 3.8) is 0 Å². The van der Waals surface area contributed by atoms with Gasteiger partial charge in [0.25, 0.3) is 0 Å². The summed E-state index contributed by atoms with van der Waals surface area (Å²) >= 11 is 0. The molecule has 19 heteroatoms. The number of rotatable bonds is 73. The zero-order valence-electron chi connectivity index (χ0n) is 65.5. The topological polar surface area (TPSA) is 237 Å². The Morgan fingerprint density at radius 3 is 0.802 bits per heavy atom. The van der Waals surface area contributed by atoms with E-state index < -0.39 is 97.5 Å². The van der Waals surface area contributed by atoms with Crippen LogP contribution in [0.25, 0.3) is 0 Å². The summed E-state index contributed by atoms with van der Waals surface area (Å²) in [5.74, 6) is -2.33. The number of hydrogen-bond acceptors (Lipinski definition) is 15. The molecule has 0 aromatic rings. The van der Waals surface area contributed by atoms with E-state index in [4.69, 9.17) is 37.0 Å². The Bertz CT molecular complexity index is 2730. The summed E-state index contributed by atoms with van der Waals surface area (Å²) in [5, 5.41) is 10.6. The van der Waals surface area contributed by atoms with Crippen LogP contribution in [0.1, 0.15) is 285 Å². The average Bonchev–Trinajstić information content (AvgIpc) is 0.909. The maximum atomic E-state index is 13.1. The molecule has 5 unspecified atom stereocenters. The summed E-state index contributed by atoms with van der Waals surface area (Å²) in [5.41, 5.74) is 0. The molecule has 0 aromatic carbocycles. The maximum absolute atomic E-state index is 13.1. The number of carbonyl (C=O) groups is 4. The molecule has 600 valence electrons. The maximum Gasteiger partial charge on any atom is 0.472 e. The first-order valence-electron chi connectivity index (χ1n) is 40.0. The summed E-state index contributed by atoms with van der Waals surface area (Å²) in [7, 11) is -10.0. The first-order valence-corrected chi connectivity index (χ1v) is 43.0. The van der Waals surface area contributed by atoms with E-state index in [-0.39, 0.29) is 25.7 Å². The fraction of sp³-hybridized carbons (Fsp3) is 0.609. The molecule has 0 amide bonds. The van der Waals surface area contributed by atoms with Crippen molar-refractivity contribution < 1.29 is 80.2 Å². The van der Waals surface area contributed by atoms with Gasteiger partial charge >= 0.3 is 39.5 Å². The number of allylic oxidation sites excluding steroid dienone is 30. The van der Waals surface area contributed by atoms with Crippen LogP contribution in [-0.2, 0) is 65.4 Å². The minimum Gasteiger partial charge on any atom is -0.462 e. The fourth-order valence-electron chi connectivity index (χ4n) is 9.85. The lowest BCUT2D eigenvalue weighted by Gasteiger charge is -2.21. The van der Waals surface area contributed by atoms with E-state index in [1.807, 2.05) is 12.2 Å². The second-order valence-electron chi connectivity index (χ2n) is 25.9. The third-order valence-electron chi connectivity index (χ3n) is 15.8. The normalized spacial score (nSPS) is 14.8. The third-order valence-corrected chi connectivity index (χ3v) is 17.7. The van der Waals surface area contributed by atoms with Crippen LogP contribution in [0.2, 0.25) is 0 Å². The van der Waals surface area contributed by atoms with Crippen molar-refractivity contribution in [3.05, 3.63) is 182 Å². The molecule has 106 heavy (non-hydrogen) atoms. The van der Waals surface area contributed by atoms with Gasteiger partial charge in [-0.15, -0.1) is 0 Å². The number of hydrogen-bond donors (Lipinski definition) is 3. The highest BCUT2D eigenvalue weighted by atomic mass is 31.2. The molecule has 3 N–H and O–H groups in total. The van der Waals surface area contributed by atoms with E-state index in [0.29, 0.717) is 32.1 Å². The zero-order valence-corrected chi connectivity index (χ0v) is 67.3. The minimum absolute atomic E-state index is 0.0554. The number of ether oxygens (including phenoxy) is 4. The molecule has 0 rings (SSSR count). The summed E-state index contributed by atoms with van der Waals surface area (Å²) < 4.78 is 68.5. The first-order chi connectivity index (χ1) is 51.7. The van der Waals surface area contributed by atoms with Gasteiger partial charge in [-0.1, -0.05) is 268 Å². The Morgan fingerprint density at radius 1 is 0.274 bits per heavy atom. The Morgan fingerprint density at radius 2 is 0.500 bits per heavy atom. The molecular weight excluding hydrogens is 1380 g/mol. The quantitative estimate of drug-likeness (QED) is 0.0169. The smallest absolute Gasteiger partial charge is 0.462 e. The lowest BCUT2D eigenvalue weighted by molar-refractivity contribution is -0.161. The Hall–Kier alpha value is -5.84. The van der Waals surface area contributed by atoms with Gasteiger partial charge in [0, 0.05) is 25.7 Å². The summed E-state index contributed by atoms with van der Waals surface area (Å²) in [4.78, 5) is 73.1. The van der Waals surface area contributed by atoms with Gasteiger partial charge in [-0.25, -0.2) is 9.13 Å². The number of unbranched alkanes of at least 4 members (excludes halogenated alkanes) is 17. The van der Waals surface area contributed by atoms with Crippen molar-refractivity contribution >= 4 is 39.5 Å². The molecule has 5 atom stereocenters. The van der Waals surface area contributed by atoms with Crippen LogP contribution in [0.3, 0.4) is 0 Å². The molecule has 0 radical (unpaired) electrons. The summed E-state index contributed by atoms with van der Waals surface area (Å²) in [6, 6.07) is 0. The molecule has 0 aromatic heterocycles. The number of esters is 4. The van der Waals surface area contributed by atoms with Crippen molar-refractivity contribution in [1.82, 2.24) is 0 Å². The molecule has 0 saturated carbocycles. The second kappa shape index (κ2) is 77.3. The summed E-state index contributed by atoms with van der Waals surface area (Å²) in [6.45, 7) is 4.35. The van der Waals surface area contributed by atoms with E-state index in [0.717, 1.165) is 180 Å². The van der Waals surface area contributed by atoms with Crippen molar-refractivity contribution in [2.45, 2.75) is 303 Å². The summed E-state index contributed by atoms with van der Waals surface area (Å²) in [6.07, 6.45) is 93.0. The van der Waals surface area contributed by atoms with Crippen molar-refractivity contribution in [3.8, 4) is 0 Å². The van der Waals surface area contributed by atoms with E-state index in [9.17, 15) is 43.2 Å². The predicted octanol–water partition coefficient (Wildman–Crippen LogP) is 23.6. The third kappa shape index (κ3) is 76.4. The molecule has 0 saturated heterocycles. The molecule has 0 fully saturated rings. The lowest BCUT2D eigenvalue weighted by atomic mass is 10.1. The molecule has 0 aliphatic carbocycles. The predicted molar refractivity (Wildman–Crippen MR) is 436 cm³/mol. The van der Waals surface area contributed by atoms with Gasteiger partial charge in [0.1, 0.15) is 19.3 Å². The molecular formula is C87H140O17P2. The fourth-order valence-corrected chi connectivity index (χ4v) is 11.4. The molecule has 0 spiro atoms. The van der Waals surface area contributed by atoms with Crippen LogP contribution in [0.15, 0.2) is 182 Å². The lowest BCUT2D eigenvalue weighted by Crippen LogP contribution is -2.30. The molecule has 0 aliphatic rings. The number of phosphoric acid groups is 2. The number of aliphatic hydroxyl groups is 1. The van der Waals surface area contributed by atoms with Gasteiger partial charge in [-0.3, -0.25) is 37.3 Å². The molecule has 0 heterocycles. The van der Waals surface area contributed by atoms with E-state index >= 15 is 0 Å². The monoisotopic (exact) mass is 1520 g/mol. The van der Waals surface area contributed by atoms with Crippen molar-refractivity contribution in [2.75, 3.05) is 39.6 Å². The molecule has 0 aliphatic heterocycles. The van der Waals surface area contributed by atoms with E-state index in [1.165, 1.54) is 19.3 Å². The number of carbonyl (C=O) groups excluding carboxylic acids is 4. The highest BCUT2D eigenvalue weighted by Gasteiger charge is 2.30. The van der Waals surface area contributed by atoms with Gasteiger partial charge in [-0.2, -0.15) is 0 Å². The second-order valence-corrected chi connectivity index (χ2v) is 28.8. The highest BCUT2D eigenvalue weighted by molar-refractivity contribution is 7.47. The average molecular weight is 1520 g/mol. The molecule has 17 nitrogen and oxygen atoms in total. The minimum atomic E-state index is -5.01. The van der Waals surface area contributed by atoms with Gasteiger partial charge in [0.15, 0.2) is 12.2 Å². The Labute approximate surface area is 641 Å². The van der Waals surface area contributed by atoms with Crippen LogP contribution in [-0.4, -0.2) is 96.7 Å². The zero-order chi connectivity index (χ0) is 77.4. The van der Waals surface area contributed by atoms with Crippen LogP contribution >= 0.6 is 15.6 Å². The van der Waals surface area contributed by atoms with Crippen LogP contribution in [0, 0.1) is 0 Å².